The second-order valence-electron chi connectivity index (χ2n) is 5.04. The van der Waals surface area contributed by atoms with Crippen LogP contribution in [-0.2, 0) is 4.79 Å². The van der Waals surface area contributed by atoms with E-state index in [2.05, 4.69) is 38.1 Å². The predicted molar refractivity (Wildman–Crippen MR) is 111 cm³/mol. The van der Waals surface area contributed by atoms with Gasteiger partial charge in [-0.15, -0.1) is 5.10 Å². The summed E-state index contributed by atoms with van der Waals surface area (Å²) < 4.78 is 6.26. The van der Waals surface area contributed by atoms with Crippen LogP contribution >= 0.6 is 34.4 Å². The quantitative estimate of drug-likeness (QED) is 0.324. The van der Waals surface area contributed by atoms with E-state index in [1.807, 2.05) is 54.6 Å². The summed E-state index contributed by atoms with van der Waals surface area (Å²) in [6.07, 6.45) is 3.46. The Morgan fingerprint density at radius 2 is 1.76 bits per heavy atom. The first kappa shape index (κ1) is 17.7. The molecule has 1 amide bonds. The van der Waals surface area contributed by atoms with Crippen molar-refractivity contribution in [3.05, 3.63) is 68.1 Å². The van der Waals surface area contributed by atoms with Crippen molar-refractivity contribution < 1.29 is 9.53 Å². The molecule has 0 atom stereocenters. The standard InChI is InChI=1S/C18H14IN3O2S/c1-24-15-8-4-13(5-9-15)11-20-22-18-21-17(23)16(25-18)10-12-2-6-14(19)7-3-12/h2-11H,1H3,(H,21,22,23)/b16-10+,20-11+. The maximum absolute atomic E-state index is 12.0. The lowest BCUT2D eigenvalue weighted by Gasteiger charge is -1.98. The highest BCUT2D eigenvalue weighted by atomic mass is 127. The van der Waals surface area contributed by atoms with Crippen molar-refractivity contribution in [2.45, 2.75) is 0 Å². The molecule has 0 radical (unpaired) electrons. The lowest BCUT2D eigenvalue weighted by molar-refractivity contribution is -0.115. The lowest BCUT2D eigenvalue weighted by atomic mass is 10.2. The molecule has 0 aliphatic carbocycles. The molecular weight excluding hydrogens is 449 g/mol. The van der Waals surface area contributed by atoms with Gasteiger partial charge in [0.05, 0.1) is 18.2 Å². The molecule has 1 aliphatic rings. The summed E-state index contributed by atoms with van der Waals surface area (Å²) in [5, 5.41) is 11.3. The molecule has 0 aromatic heterocycles. The molecule has 1 saturated heterocycles. The number of carbonyl (C=O) groups is 1. The zero-order chi connectivity index (χ0) is 17.6. The van der Waals surface area contributed by atoms with E-state index < -0.39 is 0 Å². The van der Waals surface area contributed by atoms with Crippen LogP contribution in [0.4, 0.5) is 0 Å². The Kier molecular flexibility index (Phi) is 5.87. The van der Waals surface area contributed by atoms with Gasteiger partial charge in [0.2, 0.25) is 0 Å². The first-order chi connectivity index (χ1) is 12.1. The van der Waals surface area contributed by atoms with E-state index >= 15 is 0 Å². The smallest absolute Gasteiger partial charge is 0.264 e. The third-order valence-electron chi connectivity index (χ3n) is 3.29. The van der Waals surface area contributed by atoms with Crippen LogP contribution in [0.25, 0.3) is 6.08 Å². The summed E-state index contributed by atoms with van der Waals surface area (Å²) in [5.74, 6) is 0.620. The van der Waals surface area contributed by atoms with E-state index in [-0.39, 0.29) is 5.91 Å². The topological polar surface area (TPSA) is 63.1 Å². The molecule has 1 N–H and O–H groups in total. The van der Waals surface area contributed by atoms with Crippen LogP contribution in [0.15, 0.2) is 63.6 Å². The highest BCUT2D eigenvalue weighted by Gasteiger charge is 2.23. The third-order valence-corrected chi connectivity index (χ3v) is 4.91. The summed E-state index contributed by atoms with van der Waals surface area (Å²) in [7, 11) is 1.62. The van der Waals surface area contributed by atoms with Gasteiger partial charge in [-0.2, -0.15) is 5.10 Å². The van der Waals surface area contributed by atoms with Crippen molar-refractivity contribution in [2.75, 3.05) is 7.11 Å². The first-order valence-electron chi connectivity index (χ1n) is 7.35. The SMILES string of the molecule is COc1ccc(/C=N/N=C2/NC(=O)/C(=C\c3ccc(I)cc3)S2)cc1. The molecule has 1 heterocycles. The zero-order valence-electron chi connectivity index (χ0n) is 13.3. The molecule has 2 aromatic rings. The average Bonchev–Trinajstić information content (AvgIpc) is 2.97. The monoisotopic (exact) mass is 463 g/mol. The number of nitrogens with one attached hydrogen (secondary N) is 1. The van der Waals surface area contributed by atoms with Gasteiger partial charge in [-0.25, -0.2) is 0 Å². The van der Waals surface area contributed by atoms with Gasteiger partial charge in [-0.1, -0.05) is 12.1 Å². The number of benzene rings is 2. The van der Waals surface area contributed by atoms with Gasteiger partial charge in [-0.05, 0) is 88.0 Å². The Balaban J connectivity index is 1.67. The minimum atomic E-state index is -0.165. The molecule has 1 fully saturated rings. The number of hydrogen-bond donors (Lipinski definition) is 1. The number of methoxy groups -OCH3 is 1. The molecule has 7 heteroatoms. The van der Waals surface area contributed by atoms with E-state index in [0.717, 1.165) is 20.4 Å². The van der Waals surface area contributed by atoms with Gasteiger partial charge in [-0.3, -0.25) is 10.1 Å². The van der Waals surface area contributed by atoms with Crippen molar-refractivity contribution in [3.8, 4) is 5.75 Å². The van der Waals surface area contributed by atoms with Crippen LogP contribution in [0.5, 0.6) is 5.75 Å². The summed E-state index contributed by atoms with van der Waals surface area (Å²) in [5.41, 5.74) is 1.87. The lowest BCUT2D eigenvalue weighted by Crippen LogP contribution is -2.19. The number of amides is 1. The van der Waals surface area contributed by atoms with Crippen molar-refractivity contribution in [3.63, 3.8) is 0 Å². The van der Waals surface area contributed by atoms with Gasteiger partial charge in [0.1, 0.15) is 5.75 Å². The van der Waals surface area contributed by atoms with E-state index in [0.29, 0.717) is 10.1 Å². The number of nitrogens with zero attached hydrogens (tertiary/aromatic N) is 2. The van der Waals surface area contributed by atoms with Crippen molar-refractivity contribution in [1.29, 1.82) is 0 Å². The minimum absolute atomic E-state index is 0.165. The Hall–Kier alpha value is -2.13. The summed E-state index contributed by atoms with van der Waals surface area (Å²) in [4.78, 5) is 12.6. The van der Waals surface area contributed by atoms with Crippen molar-refractivity contribution in [2.24, 2.45) is 10.2 Å². The normalized spacial score (nSPS) is 17.4. The molecular formula is C18H14IN3O2S. The van der Waals surface area contributed by atoms with Crippen LogP contribution in [0, 0.1) is 3.57 Å². The van der Waals surface area contributed by atoms with Crippen molar-refractivity contribution >= 4 is 57.7 Å². The molecule has 0 saturated carbocycles. The van der Waals surface area contributed by atoms with E-state index in [1.54, 1.807) is 13.3 Å². The van der Waals surface area contributed by atoms with E-state index in [9.17, 15) is 4.79 Å². The summed E-state index contributed by atoms with van der Waals surface area (Å²) in [6.45, 7) is 0. The Labute approximate surface area is 163 Å². The van der Waals surface area contributed by atoms with Crippen LogP contribution in [-0.4, -0.2) is 24.4 Å². The first-order valence-corrected chi connectivity index (χ1v) is 9.25. The largest absolute Gasteiger partial charge is 0.497 e. The van der Waals surface area contributed by atoms with Gasteiger partial charge >= 0.3 is 0 Å². The molecule has 126 valence electrons. The van der Waals surface area contributed by atoms with Gasteiger partial charge in [0.25, 0.3) is 5.91 Å². The maximum Gasteiger partial charge on any atom is 0.264 e. The minimum Gasteiger partial charge on any atom is -0.497 e. The Morgan fingerprint density at radius 3 is 2.44 bits per heavy atom. The van der Waals surface area contributed by atoms with Crippen LogP contribution in [0.1, 0.15) is 11.1 Å². The number of amidine groups is 1. The fourth-order valence-corrected chi connectivity index (χ4v) is 3.16. The Bertz CT molecular complexity index is 859. The maximum atomic E-state index is 12.0. The van der Waals surface area contributed by atoms with Gasteiger partial charge in [0, 0.05) is 3.57 Å². The fourth-order valence-electron chi connectivity index (χ4n) is 2.02. The number of rotatable bonds is 4. The average molecular weight is 463 g/mol. The number of hydrogen-bond acceptors (Lipinski definition) is 5. The number of thioether (sulfide) groups is 1. The summed E-state index contributed by atoms with van der Waals surface area (Å²) >= 11 is 3.52. The van der Waals surface area contributed by atoms with E-state index in [1.165, 1.54) is 11.8 Å². The number of halogens is 1. The zero-order valence-corrected chi connectivity index (χ0v) is 16.2. The molecule has 0 bridgehead atoms. The van der Waals surface area contributed by atoms with Crippen LogP contribution < -0.4 is 10.1 Å². The molecule has 2 aromatic carbocycles. The van der Waals surface area contributed by atoms with Gasteiger partial charge in [0.15, 0.2) is 5.17 Å². The van der Waals surface area contributed by atoms with Gasteiger partial charge < -0.3 is 4.74 Å². The predicted octanol–water partition coefficient (Wildman–Crippen LogP) is 3.89. The second kappa shape index (κ2) is 8.30. The van der Waals surface area contributed by atoms with E-state index in [4.69, 9.17) is 4.74 Å². The van der Waals surface area contributed by atoms with Crippen LogP contribution in [0.3, 0.4) is 0 Å². The third kappa shape index (κ3) is 4.93. The molecule has 0 spiro atoms. The molecule has 5 nitrogen and oxygen atoms in total. The second-order valence-corrected chi connectivity index (χ2v) is 7.32. The molecule has 0 unspecified atom stereocenters. The molecule has 25 heavy (non-hydrogen) atoms. The summed E-state index contributed by atoms with van der Waals surface area (Å²) in [6, 6.07) is 15.4. The molecule has 3 rings (SSSR count). The number of carbonyl (C=O) groups excluding carboxylic acids is 1. The molecule has 1 aliphatic heterocycles. The Morgan fingerprint density at radius 1 is 1.08 bits per heavy atom. The highest BCUT2D eigenvalue weighted by Crippen LogP contribution is 2.26. The van der Waals surface area contributed by atoms with Crippen molar-refractivity contribution in [1.82, 2.24) is 5.32 Å². The number of ether oxygens (including phenoxy) is 1. The fraction of sp³-hybridized carbons (Fsp3) is 0.0556. The van der Waals surface area contributed by atoms with Crippen LogP contribution in [0.2, 0.25) is 0 Å². The highest BCUT2D eigenvalue weighted by molar-refractivity contribution is 14.1.